The maximum absolute atomic E-state index is 12.2. The van der Waals surface area contributed by atoms with Crippen LogP contribution in [0.4, 0.5) is 16.3 Å². The molecule has 25 heavy (non-hydrogen) atoms. The number of amides is 1. The first-order chi connectivity index (χ1) is 11.8. The normalized spacial score (nSPS) is 18.6. The van der Waals surface area contributed by atoms with Gasteiger partial charge in [-0.05, 0) is 55.6 Å². The van der Waals surface area contributed by atoms with Crippen LogP contribution in [0.15, 0.2) is 16.7 Å². The summed E-state index contributed by atoms with van der Waals surface area (Å²) in [5.41, 5.74) is 0.738. The molecular formula is C18H27BrN4O2. The lowest BCUT2D eigenvalue weighted by Crippen LogP contribution is -2.50. The molecule has 2 fully saturated rings. The molecule has 2 aliphatic heterocycles. The molecule has 138 valence electrons. The van der Waals surface area contributed by atoms with Crippen molar-refractivity contribution in [2.24, 2.45) is 0 Å². The summed E-state index contributed by atoms with van der Waals surface area (Å²) in [6.07, 6.45) is 4.10. The average molecular weight is 411 g/mol. The number of carbonyl (C=O) groups is 1. The first kappa shape index (κ1) is 18.3. The lowest BCUT2D eigenvalue weighted by atomic mass is 10.2. The van der Waals surface area contributed by atoms with E-state index in [1.54, 1.807) is 4.90 Å². The van der Waals surface area contributed by atoms with Crippen LogP contribution in [-0.4, -0.2) is 60.8 Å². The Balaban J connectivity index is 1.68. The van der Waals surface area contributed by atoms with Gasteiger partial charge in [-0.15, -0.1) is 0 Å². The van der Waals surface area contributed by atoms with E-state index in [0.29, 0.717) is 13.1 Å². The van der Waals surface area contributed by atoms with Gasteiger partial charge in [0.1, 0.15) is 5.60 Å². The summed E-state index contributed by atoms with van der Waals surface area (Å²) in [7, 11) is 0. The SMILES string of the molecule is CC(C)(C)OC(=O)N1CCN(c2ncc(Br)cc2N2CCCC2)CC1. The second-order valence-electron chi connectivity index (χ2n) is 7.64. The quantitative estimate of drug-likeness (QED) is 0.746. The lowest BCUT2D eigenvalue weighted by Gasteiger charge is -2.37. The minimum atomic E-state index is -0.454. The molecule has 1 aromatic rings. The highest BCUT2D eigenvalue weighted by Gasteiger charge is 2.28. The Morgan fingerprint density at radius 2 is 1.72 bits per heavy atom. The minimum absolute atomic E-state index is 0.226. The predicted octanol–water partition coefficient (Wildman–Crippen LogP) is 3.50. The summed E-state index contributed by atoms with van der Waals surface area (Å²) in [5, 5.41) is 0. The number of halogens is 1. The van der Waals surface area contributed by atoms with Gasteiger partial charge in [0.15, 0.2) is 5.82 Å². The number of carbonyl (C=O) groups excluding carboxylic acids is 1. The molecule has 0 aliphatic carbocycles. The van der Waals surface area contributed by atoms with Crippen molar-refractivity contribution in [3.63, 3.8) is 0 Å². The fourth-order valence-electron chi connectivity index (χ4n) is 3.28. The fraction of sp³-hybridized carbons (Fsp3) is 0.667. The smallest absolute Gasteiger partial charge is 0.410 e. The van der Waals surface area contributed by atoms with Crippen molar-refractivity contribution < 1.29 is 9.53 Å². The molecule has 7 heteroatoms. The Kier molecular flexibility index (Phi) is 5.41. The van der Waals surface area contributed by atoms with Gasteiger partial charge in [0, 0.05) is 49.9 Å². The van der Waals surface area contributed by atoms with E-state index in [-0.39, 0.29) is 6.09 Å². The topological polar surface area (TPSA) is 48.9 Å². The predicted molar refractivity (Wildman–Crippen MR) is 103 cm³/mol. The number of hydrogen-bond acceptors (Lipinski definition) is 5. The van der Waals surface area contributed by atoms with Crippen LogP contribution in [0.25, 0.3) is 0 Å². The van der Waals surface area contributed by atoms with Crippen LogP contribution in [0.1, 0.15) is 33.6 Å². The van der Waals surface area contributed by atoms with Gasteiger partial charge in [0.05, 0.1) is 5.69 Å². The van der Waals surface area contributed by atoms with Crippen LogP contribution >= 0.6 is 15.9 Å². The lowest BCUT2D eigenvalue weighted by molar-refractivity contribution is 0.0240. The number of aromatic nitrogens is 1. The molecule has 3 heterocycles. The Labute approximate surface area is 158 Å². The van der Waals surface area contributed by atoms with Gasteiger partial charge in [0.25, 0.3) is 0 Å². The number of hydrogen-bond donors (Lipinski definition) is 0. The number of piperazine rings is 1. The second-order valence-corrected chi connectivity index (χ2v) is 8.56. The molecule has 2 aliphatic rings. The maximum Gasteiger partial charge on any atom is 0.410 e. The molecule has 0 radical (unpaired) electrons. The average Bonchev–Trinajstić information content (AvgIpc) is 3.08. The summed E-state index contributed by atoms with van der Waals surface area (Å²) in [6.45, 7) is 10.7. The van der Waals surface area contributed by atoms with Crippen molar-refractivity contribution in [3.8, 4) is 0 Å². The summed E-state index contributed by atoms with van der Waals surface area (Å²) in [6, 6.07) is 2.16. The molecule has 0 spiro atoms. The highest BCUT2D eigenvalue weighted by Crippen LogP contribution is 2.33. The van der Waals surface area contributed by atoms with Crippen LogP contribution in [0.3, 0.4) is 0 Å². The van der Waals surface area contributed by atoms with Crippen molar-refractivity contribution in [2.75, 3.05) is 49.1 Å². The Morgan fingerprint density at radius 1 is 1.08 bits per heavy atom. The molecule has 2 saturated heterocycles. The molecule has 3 rings (SSSR count). The maximum atomic E-state index is 12.2. The first-order valence-corrected chi connectivity index (χ1v) is 9.76. The number of rotatable bonds is 2. The summed E-state index contributed by atoms with van der Waals surface area (Å²) in [5.74, 6) is 1.02. The molecule has 1 aromatic heterocycles. The van der Waals surface area contributed by atoms with E-state index < -0.39 is 5.60 Å². The zero-order valence-electron chi connectivity index (χ0n) is 15.3. The van der Waals surface area contributed by atoms with Crippen LogP contribution in [0, 0.1) is 0 Å². The van der Waals surface area contributed by atoms with E-state index >= 15 is 0 Å². The van der Waals surface area contributed by atoms with Crippen molar-refractivity contribution in [1.29, 1.82) is 0 Å². The van der Waals surface area contributed by atoms with E-state index in [4.69, 9.17) is 4.74 Å². The van der Waals surface area contributed by atoms with Crippen molar-refractivity contribution in [3.05, 3.63) is 16.7 Å². The summed E-state index contributed by atoms with van der Waals surface area (Å²) >= 11 is 3.55. The zero-order valence-corrected chi connectivity index (χ0v) is 16.9. The Hall–Kier alpha value is -1.50. The van der Waals surface area contributed by atoms with Gasteiger partial charge in [-0.25, -0.2) is 9.78 Å². The minimum Gasteiger partial charge on any atom is -0.444 e. The van der Waals surface area contributed by atoms with Gasteiger partial charge >= 0.3 is 6.09 Å². The molecular weight excluding hydrogens is 384 g/mol. The van der Waals surface area contributed by atoms with E-state index in [2.05, 4.69) is 36.8 Å². The van der Waals surface area contributed by atoms with Crippen molar-refractivity contribution in [2.45, 2.75) is 39.2 Å². The fourth-order valence-corrected chi connectivity index (χ4v) is 3.60. The van der Waals surface area contributed by atoms with Gasteiger partial charge < -0.3 is 19.4 Å². The molecule has 0 bridgehead atoms. The molecule has 0 aromatic carbocycles. The van der Waals surface area contributed by atoms with Gasteiger partial charge in [-0.2, -0.15) is 0 Å². The highest BCUT2D eigenvalue weighted by molar-refractivity contribution is 9.10. The van der Waals surface area contributed by atoms with E-state index in [1.165, 1.54) is 18.5 Å². The van der Waals surface area contributed by atoms with Crippen LogP contribution in [0.2, 0.25) is 0 Å². The zero-order chi connectivity index (χ0) is 18.0. The summed E-state index contributed by atoms with van der Waals surface area (Å²) in [4.78, 5) is 23.4. The summed E-state index contributed by atoms with van der Waals surface area (Å²) < 4.78 is 6.48. The third-order valence-electron chi connectivity index (χ3n) is 4.49. The number of ether oxygens (including phenoxy) is 1. The second kappa shape index (κ2) is 7.40. The number of pyridine rings is 1. The van der Waals surface area contributed by atoms with E-state index in [0.717, 1.165) is 36.5 Å². The third-order valence-corrected chi connectivity index (χ3v) is 4.93. The van der Waals surface area contributed by atoms with Crippen LogP contribution in [-0.2, 0) is 4.74 Å². The van der Waals surface area contributed by atoms with Crippen LogP contribution < -0.4 is 9.80 Å². The third kappa shape index (κ3) is 4.57. The monoisotopic (exact) mass is 410 g/mol. The van der Waals surface area contributed by atoms with Gasteiger partial charge in [-0.3, -0.25) is 0 Å². The Morgan fingerprint density at radius 3 is 2.32 bits per heavy atom. The molecule has 0 N–H and O–H groups in total. The molecule has 6 nitrogen and oxygen atoms in total. The van der Waals surface area contributed by atoms with Crippen LogP contribution in [0.5, 0.6) is 0 Å². The molecule has 0 atom stereocenters. The number of nitrogens with zero attached hydrogens (tertiary/aromatic N) is 4. The van der Waals surface area contributed by atoms with Crippen molar-refractivity contribution >= 4 is 33.5 Å². The number of anilines is 2. The van der Waals surface area contributed by atoms with E-state index in [9.17, 15) is 4.79 Å². The largest absolute Gasteiger partial charge is 0.444 e. The molecule has 0 unspecified atom stereocenters. The van der Waals surface area contributed by atoms with Gasteiger partial charge in [0.2, 0.25) is 0 Å². The Bertz CT molecular complexity index is 618. The molecule has 0 saturated carbocycles. The first-order valence-electron chi connectivity index (χ1n) is 8.97. The van der Waals surface area contributed by atoms with E-state index in [1.807, 2.05) is 27.0 Å². The van der Waals surface area contributed by atoms with Crippen molar-refractivity contribution in [1.82, 2.24) is 9.88 Å². The highest BCUT2D eigenvalue weighted by atomic mass is 79.9. The van der Waals surface area contributed by atoms with Gasteiger partial charge in [-0.1, -0.05) is 0 Å². The standard InChI is InChI=1S/C18H27BrN4O2/c1-18(2,3)25-17(24)23-10-8-22(9-11-23)16-15(12-14(19)13-20-16)21-6-4-5-7-21/h12-13H,4-11H2,1-3H3. The molecule has 1 amide bonds.